The van der Waals surface area contributed by atoms with E-state index in [1.54, 1.807) is 24.3 Å². The van der Waals surface area contributed by atoms with Gasteiger partial charge in [0.1, 0.15) is 0 Å². The van der Waals surface area contributed by atoms with E-state index in [-0.39, 0.29) is 11.8 Å². The van der Waals surface area contributed by atoms with Crippen LogP contribution in [0.5, 0.6) is 0 Å². The lowest BCUT2D eigenvalue weighted by molar-refractivity contribution is 0.0724. The highest BCUT2D eigenvalue weighted by atomic mass is 16.2. The monoisotopic (exact) mass is 350 g/mol. The minimum atomic E-state index is -0.0879. The van der Waals surface area contributed by atoms with Crippen molar-refractivity contribution in [1.29, 1.82) is 0 Å². The molecule has 0 spiro atoms. The first-order valence-corrected chi connectivity index (χ1v) is 9.45. The Kier molecular flexibility index (Phi) is 6.42. The average Bonchev–Trinajstić information content (AvgIpc) is 2.72. The number of hydrogen-bond donors (Lipinski definition) is 1. The Labute approximate surface area is 155 Å². The van der Waals surface area contributed by atoms with E-state index in [0.717, 1.165) is 38.8 Å². The minimum absolute atomic E-state index is 0.0690. The summed E-state index contributed by atoms with van der Waals surface area (Å²) in [6.07, 6.45) is 5.21. The standard InChI is InChI=1S/C22H26N2O2/c25-21(23-15-7-10-18-8-3-1-4-9-18)19-11-13-20(14-12-19)22(26)24-16-5-2-6-17-24/h1,3-4,8-9,11-14H,2,5-7,10,15-17H2,(H,23,25). The van der Waals surface area contributed by atoms with Crippen LogP contribution in [-0.4, -0.2) is 36.3 Å². The Hall–Kier alpha value is -2.62. The lowest BCUT2D eigenvalue weighted by Crippen LogP contribution is -2.35. The SMILES string of the molecule is O=C(NCCCc1ccccc1)c1ccc(C(=O)N2CCCCC2)cc1. The third-order valence-electron chi connectivity index (χ3n) is 4.81. The van der Waals surface area contributed by atoms with E-state index in [0.29, 0.717) is 17.7 Å². The lowest BCUT2D eigenvalue weighted by atomic mass is 10.1. The number of amides is 2. The maximum atomic E-state index is 12.5. The third kappa shape index (κ3) is 4.94. The fourth-order valence-corrected chi connectivity index (χ4v) is 3.28. The minimum Gasteiger partial charge on any atom is -0.352 e. The summed E-state index contributed by atoms with van der Waals surface area (Å²) in [5.41, 5.74) is 2.54. The van der Waals surface area contributed by atoms with Gasteiger partial charge < -0.3 is 10.2 Å². The number of rotatable bonds is 6. The summed E-state index contributed by atoms with van der Waals surface area (Å²) < 4.78 is 0. The molecule has 3 rings (SSSR count). The van der Waals surface area contributed by atoms with Gasteiger partial charge in [-0.15, -0.1) is 0 Å². The molecule has 4 nitrogen and oxygen atoms in total. The van der Waals surface area contributed by atoms with Gasteiger partial charge in [-0.25, -0.2) is 0 Å². The van der Waals surface area contributed by atoms with Gasteiger partial charge in [0.25, 0.3) is 11.8 Å². The smallest absolute Gasteiger partial charge is 0.253 e. The van der Waals surface area contributed by atoms with E-state index in [2.05, 4.69) is 17.4 Å². The molecule has 1 N–H and O–H groups in total. The van der Waals surface area contributed by atoms with Crippen LogP contribution in [0.2, 0.25) is 0 Å². The van der Waals surface area contributed by atoms with Crippen LogP contribution in [-0.2, 0) is 6.42 Å². The molecule has 0 aromatic heterocycles. The second-order valence-electron chi connectivity index (χ2n) is 6.78. The Morgan fingerprint density at radius 1 is 0.846 bits per heavy atom. The topological polar surface area (TPSA) is 49.4 Å². The molecule has 4 heteroatoms. The lowest BCUT2D eigenvalue weighted by Gasteiger charge is -2.26. The van der Waals surface area contributed by atoms with Crippen molar-refractivity contribution in [3.05, 3.63) is 71.3 Å². The van der Waals surface area contributed by atoms with Crippen LogP contribution in [0, 0.1) is 0 Å². The van der Waals surface area contributed by atoms with Crippen LogP contribution >= 0.6 is 0 Å². The summed E-state index contributed by atoms with van der Waals surface area (Å²) in [5, 5.41) is 2.95. The zero-order chi connectivity index (χ0) is 18.2. The summed E-state index contributed by atoms with van der Waals surface area (Å²) in [6, 6.07) is 17.3. The molecule has 136 valence electrons. The molecule has 1 saturated heterocycles. The summed E-state index contributed by atoms with van der Waals surface area (Å²) in [6.45, 7) is 2.31. The van der Waals surface area contributed by atoms with Gasteiger partial charge in [0.05, 0.1) is 0 Å². The molecule has 0 atom stereocenters. The van der Waals surface area contributed by atoms with Crippen LogP contribution in [0.3, 0.4) is 0 Å². The van der Waals surface area contributed by atoms with Crippen molar-refractivity contribution < 1.29 is 9.59 Å². The van der Waals surface area contributed by atoms with E-state index in [1.165, 1.54) is 12.0 Å². The van der Waals surface area contributed by atoms with Gasteiger partial charge in [0.15, 0.2) is 0 Å². The Bertz CT molecular complexity index is 720. The van der Waals surface area contributed by atoms with E-state index in [1.807, 2.05) is 23.1 Å². The van der Waals surface area contributed by atoms with Gasteiger partial charge in [-0.05, 0) is 61.9 Å². The highest BCUT2D eigenvalue weighted by molar-refractivity contribution is 5.97. The number of nitrogens with one attached hydrogen (secondary N) is 1. The zero-order valence-corrected chi connectivity index (χ0v) is 15.1. The van der Waals surface area contributed by atoms with Crippen molar-refractivity contribution in [2.24, 2.45) is 0 Å². The van der Waals surface area contributed by atoms with Gasteiger partial charge in [-0.1, -0.05) is 30.3 Å². The predicted octanol–water partition coefficient (Wildman–Crippen LogP) is 3.68. The molecule has 1 aliphatic rings. The van der Waals surface area contributed by atoms with Crippen LogP contribution in [0.1, 0.15) is 52.0 Å². The number of likely N-dealkylation sites (tertiary alicyclic amines) is 1. The van der Waals surface area contributed by atoms with Gasteiger partial charge in [-0.3, -0.25) is 9.59 Å². The van der Waals surface area contributed by atoms with Crippen LogP contribution in [0.4, 0.5) is 0 Å². The largest absolute Gasteiger partial charge is 0.352 e. The third-order valence-corrected chi connectivity index (χ3v) is 4.81. The molecule has 1 fully saturated rings. The Morgan fingerprint density at radius 3 is 2.19 bits per heavy atom. The number of carbonyl (C=O) groups is 2. The van der Waals surface area contributed by atoms with Gasteiger partial charge in [-0.2, -0.15) is 0 Å². The highest BCUT2D eigenvalue weighted by Gasteiger charge is 2.18. The maximum Gasteiger partial charge on any atom is 0.253 e. The van der Waals surface area contributed by atoms with Crippen molar-refractivity contribution in [3.63, 3.8) is 0 Å². The number of benzene rings is 2. The highest BCUT2D eigenvalue weighted by Crippen LogP contribution is 2.14. The molecule has 0 bridgehead atoms. The van der Waals surface area contributed by atoms with Gasteiger partial charge >= 0.3 is 0 Å². The average molecular weight is 350 g/mol. The van der Waals surface area contributed by atoms with Crippen LogP contribution < -0.4 is 5.32 Å². The normalized spacial score (nSPS) is 14.1. The maximum absolute atomic E-state index is 12.5. The van der Waals surface area contributed by atoms with E-state index in [4.69, 9.17) is 0 Å². The molecule has 26 heavy (non-hydrogen) atoms. The number of nitrogens with zero attached hydrogens (tertiary/aromatic N) is 1. The Balaban J connectivity index is 1.46. The van der Waals surface area contributed by atoms with Crippen molar-refractivity contribution in [2.75, 3.05) is 19.6 Å². The fourth-order valence-electron chi connectivity index (χ4n) is 3.28. The number of carbonyl (C=O) groups excluding carboxylic acids is 2. The predicted molar refractivity (Wildman–Crippen MR) is 103 cm³/mol. The molecular formula is C22H26N2O2. The van der Waals surface area contributed by atoms with E-state index >= 15 is 0 Å². The molecule has 2 aromatic carbocycles. The first-order chi connectivity index (χ1) is 12.7. The summed E-state index contributed by atoms with van der Waals surface area (Å²) in [5.74, 6) is -0.0189. The van der Waals surface area contributed by atoms with Crippen molar-refractivity contribution in [1.82, 2.24) is 10.2 Å². The van der Waals surface area contributed by atoms with E-state index in [9.17, 15) is 9.59 Å². The van der Waals surface area contributed by atoms with Crippen LogP contribution in [0.25, 0.3) is 0 Å². The number of aryl methyl sites for hydroxylation is 1. The van der Waals surface area contributed by atoms with Crippen molar-refractivity contribution in [2.45, 2.75) is 32.1 Å². The van der Waals surface area contributed by atoms with Crippen molar-refractivity contribution in [3.8, 4) is 0 Å². The van der Waals surface area contributed by atoms with Gasteiger partial charge in [0.2, 0.25) is 0 Å². The zero-order valence-electron chi connectivity index (χ0n) is 15.1. The molecule has 2 aromatic rings. The molecule has 0 saturated carbocycles. The molecular weight excluding hydrogens is 324 g/mol. The van der Waals surface area contributed by atoms with E-state index < -0.39 is 0 Å². The molecule has 0 radical (unpaired) electrons. The first-order valence-electron chi connectivity index (χ1n) is 9.45. The van der Waals surface area contributed by atoms with Crippen LogP contribution in [0.15, 0.2) is 54.6 Å². The van der Waals surface area contributed by atoms with Crippen molar-refractivity contribution >= 4 is 11.8 Å². The molecule has 2 amide bonds. The molecule has 0 unspecified atom stereocenters. The summed E-state index contributed by atoms with van der Waals surface area (Å²) in [7, 11) is 0. The molecule has 0 aliphatic carbocycles. The Morgan fingerprint density at radius 2 is 1.50 bits per heavy atom. The number of hydrogen-bond acceptors (Lipinski definition) is 2. The molecule has 1 heterocycles. The first kappa shape index (κ1) is 18.2. The second kappa shape index (κ2) is 9.18. The quantitative estimate of drug-likeness (QED) is 0.808. The molecule has 1 aliphatic heterocycles. The summed E-state index contributed by atoms with van der Waals surface area (Å²) >= 11 is 0. The van der Waals surface area contributed by atoms with Gasteiger partial charge in [0, 0.05) is 30.8 Å². The second-order valence-corrected chi connectivity index (χ2v) is 6.78. The summed E-state index contributed by atoms with van der Waals surface area (Å²) in [4.78, 5) is 26.6. The fraction of sp³-hybridized carbons (Fsp3) is 0.364. The number of piperidine rings is 1.